The SMILES string of the molecule is CCC1(C)OCCn2c1nc(C(=O)NCc1ccc(F)cc1SC)c(O)c2=O. The van der Waals surface area contributed by atoms with Crippen molar-refractivity contribution in [2.45, 2.75) is 43.9 Å². The Labute approximate surface area is 165 Å². The Kier molecular flexibility index (Phi) is 5.76. The van der Waals surface area contributed by atoms with Crippen LogP contribution in [0.4, 0.5) is 4.39 Å². The van der Waals surface area contributed by atoms with Crippen LogP contribution in [-0.4, -0.2) is 33.4 Å². The summed E-state index contributed by atoms with van der Waals surface area (Å²) >= 11 is 1.36. The van der Waals surface area contributed by atoms with E-state index in [2.05, 4.69) is 10.3 Å². The molecule has 9 heteroatoms. The third-order valence-corrected chi connectivity index (χ3v) is 5.75. The lowest BCUT2D eigenvalue weighted by Crippen LogP contribution is -2.43. The van der Waals surface area contributed by atoms with Crippen LogP contribution in [0.2, 0.25) is 0 Å². The van der Waals surface area contributed by atoms with Crippen molar-refractivity contribution in [1.29, 1.82) is 0 Å². The number of carbonyl (C=O) groups is 1. The second kappa shape index (κ2) is 7.92. The topological polar surface area (TPSA) is 93.5 Å². The number of hydrogen-bond donors (Lipinski definition) is 2. The van der Waals surface area contributed by atoms with E-state index in [1.807, 2.05) is 13.2 Å². The van der Waals surface area contributed by atoms with Gasteiger partial charge >= 0.3 is 0 Å². The lowest BCUT2D eigenvalue weighted by Gasteiger charge is -2.34. The monoisotopic (exact) mass is 407 g/mol. The lowest BCUT2D eigenvalue weighted by atomic mass is 10.00. The van der Waals surface area contributed by atoms with Gasteiger partial charge in [-0.1, -0.05) is 13.0 Å². The summed E-state index contributed by atoms with van der Waals surface area (Å²) in [6.45, 7) is 4.39. The standard InChI is InChI=1S/C19H22FN3O4S/c1-4-19(2)18-22-14(15(24)17(26)23(18)7-8-27-19)16(25)21-10-11-5-6-12(20)9-13(11)28-3/h5-6,9,24H,4,7-8,10H2,1-3H3,(H,21,25). The molecule has 1 aliphatic heterocycles. The fraction of sp³-hybridized carbons (Fsp3) is 0.421. The minimum absolute atomic E-state index is 0.108. The predicted molar refractivity (Wildman–Crippen MR) is 103 cm³/mol. The second-order valence-corrected chi connectivity index (χ2v) is 7.51. The molecule has 0 bridgehead atoms. The van der Waals surface area contributed by atoms with E-state index in [-0.39, 0.29) is 24.6 Å². The van der Waals surface area contributed by atoms with Crippen molar-refractivity contribution in [1.82, 2.24) is 14.9 Å². The van der Waals surface area contributed by atoms with Crippen LogP contribution in [-0.2, 0) is 23.4 Å². The van der Waals surface area contributed by atoms with E-state index in [4.69, 9.17) is 4.74 Å². The molecule has 1 aromatic heterocycles. The summed E-state index contributed by atoms with van der Waals surface area (Å²) < 4.78 is 20.5. The summed E-state index contributed by atoms with van der Waals surface area (Å²) in [7, 11) is 0. The Hall–Kier alpha value is -2.39. The van der Waals surface area contributed by atoms with Crippen molar-refractivity contribution in [2.24, 2.45) is 0 Å². The molecular weight excluding hydrogens is 385 g/mol. The van der Waals surface area contributed by atoms with E-state index in [1.165, 1.54) is 28.5 Å². The molecule has 0 saturated carbocycles. The molecule has 1 aromatic carbocycles. The number of amides is 1. The van der Waals surface area contributed by atoms with Crippen LogP contribution in [0.5, 0.6) is 5.75 Å². The van der Waals surface area contributed by atoms with E-state index in [0.29, 0.717) is 23.7 Å². The summed E-state index contributed by atoms with van der Waals surface area (Å²) in [5, 5.41) is 12.9. The van der Waals surface area contributed by atoms with Gasteiger partial charge in [-0.2, -0.15) is 0 Å². The Balaban J connectivity index is 1.92. The molecule has 2 aromatic rings. The van der Waals surface area contributed by atoms with Gasteiger partial charge in [-0.05, 0) is 37.3 Å². The number of halogens is 1. The summed E-state index contributed by atoms with van der Waals surface area (Å²) in [4.78, 5) is 30.2. The van der Waals surface area contributed by atoms with E-state index in [9.17, 15) is 19.1 Å². The highest BCUT2D eigenvalue weighted by molar-refractivity contribution is 7.98. The van der Waals surface area contributed by atoms with Gasteiger partial charge in [0, 0.05) is 11.4 Å². The van der Waals surface area contributed by atoms with Gasteiger partial charge in [0.15, 0.2) is 5.69 Å². The maximum absolute atomic E-state index is 13.4. The van der Waals surface area contributed by atoms with Gasteiger partial charge in [-0.25, -0.2) is 9.37 Å². The normalized spacial score (nSPS) is 18.6. The highest BCUT2D eigenvalue weighted by Gasteiger charge is 2.36. The molecule has 0 spiro atoms. The smallest absolute Gasteiger partial charge is 0.296 e. The number of ether oxygens (including phenoxy) is 1. The zero-order chi connectivity index (χ0) is 20.5. The summed E-state index contributed by atoms with van der Waals surface area (Å²) in [6.07, 6.45) is 2.36. The first-order valence-corrected chi connectivity index (χ1v) is 10.1. The maximum atomic E-state index is 13.4. The number of hydrogen-bond acceptors (Lipinski definition) is 6. The van der Waals surface area contributed by atoms with Crippen LogP contribution in [0.3, 0.4) is 0 Å². The average molecular weight is 407 g/mol. The zero-order valence-corrected chi connectivity index (χ0v) is 16.7. The zero-order valence-electron chi connectivity index (χ0n) is 15.9. The van der Waals surface area contributed by atoms with Crippen LogP contribution in [0.1, 0.15) is 42.1 Å². The molecule has 0 aliphatic carbocycles. The molecule has 28 heavy (non-hydrogen) atoms. The van der Waals surface area contributed by atoms with Crippen molar-refractivity contribution in [3.8, 4) is 5.75 Å². The first-order chi connectivity index (χ1) is 13.3. The fourth-order valence-electron chi connectivity index (χ4n) is 3.12. The van der Waals surface area contributed by atoms with E-state index >= 15 is 0 Å². The molecule has 1 atom stereocenters. The Morgan fingerprint density at radius 3 is 2.93 bits per heavy atom. The summed E-state index contributed by atoms with van der Waals surface area (Å²) in [6, 6.07) is 4.28. The first-order valence-electron chi connectivity index (χ1n) is 8.89. The molecule has 1 aliphatic rings. The van der Waals surface area contributed by atoms with Crippen LogP contribution in [0, 0.1) is 5.82 Å². The third kappa shape index (κ3) is 3.64. The minimum Gasteiger partial charge on any atom is -0.501 e. The van der Waals surface area contributed by atoms with Gasteiger partial charge < -0.3 is 15.2 Å². The number of aromatic hydroxyl groups is 1. The van der Waals surface area contributed by atoms with E-state index in [1.54, 1.807) is 13.0 Å². The summed E-state index contributed by atoms with van der Waals surface area (Å²) in [5.74, 6) is -1.41. The third-order valence-electron chi connectivity index (χ3n) is 4.93. The Morgan fingerprint density at radius 1 is 1.50 bits per heavy atom. The molecule has 2 heterocycles. The number of benzene rings is 1. The van der Waals surface area contributed by atoms with Gasteiger partial charge in [-0.3, -0.25) is 14.2 Å². The predicted octanol–water partition coefficient (Wildman–Crippen LogP) is 2.40. The number of nitrogens with zero attached hydrogens (tertiary/aromatic N) is 2. The van der Waals surface area contributed by atoms with Crippen LogP contribution in [0.25, 0.3) is 0 Å². The quantitative estimate of drug-likeness (QED) is 0.740. The first kappa shape index (κ1) is 20.3. The fourth-order valence-corrected chi connectivity index (χ4v) is 3.76. The van der Waals surface area contributed by atoms with Crippen LogP contribution in [0.15, 0.2) is 27.9 Å². The molecule has 7 nitrogen and oxygen atoms in total. The van der Waals surface area contributed by atoms with E-state index < -0.39 is 22.8 Å². The molecule has 3 rings (SSSR count). The maximum Gasteiger partial charge on any atom is 0.296 e. The second-order valence-electron chi connectivity index (χ2n) is 6.66. The molecule has 1 amide bonds. The lowest BCUT2D eigenvalue weighted by molar-refractivity contribution is -0.0728. The molecule has 0 saturated heterocycles. The molecule has 1 unspecified atom stereocenters. The molecule has 0 radical (unpaired) electrons. The molecule has 2 N–H and O–H groups in total. The number of thioether (sulfide) groups is 1. The number of aromatic nitrogens is 2. The largest absolute Gasteiger partial charge is 0.501 e. The summed E-state index contributed by atoms with van der Waals surface area (Å²) in [5.41, 5.74) is -1.10. The average Bonchev–Trinajstić information content (AvgIpc) is 2.69. The van der Waals surface area contributed by atoms with Gasteiger partial charge in [0.2, 0.25) is 5.75 Å². The van der Waals surface area contributed by atoms with Gasteiger partial charge in [0.1, 0.15) is 17.2 Å². The van der Waals surface area contributed by atoms with Crippen molar-refractivity contribution >= 4 is 17.7 Å². The van der Waals surface area contributed by atoms with Crippen molar-refractivity contribution in [2.75, 3.05) is 12.9 Å². The Bertz CT molecular complexity index is 978. The highest BCUT2D eigenvalue weighted by Crippen LogP contribution is 2.31. The van der Waals surface area contributed by atoms with Gasteiger partial charge in [0.25, 0.3) is 11.5 Å². The van der Waals surface area contributed by atoms with Gasteiger partial charge in [0.05, 0.1) is 13.2 Å². The minimum atomic E-state index is -0.816. The number of carbonyl (C=O) groups excluding carboxylic acids is 1. The number of fused-ring (bicyclic) bond motifs is 1. The molecular formula is C19H22FN3O4S. The van der Waals surface area contributed by atoms with Crippen LogP contribution >= 0.6 is 11.8 Å². The van der Waals surface area contributed by atoms with Crippen molar-refractivity contribution in [3.63, 3.8) is 0 Å². The van der Waals surface area contributed by atoms with Gasteiger partial charge in [-0.15, -0.1) is 11.8 Å². The molecule has 0 fully saturated rings. The number of nitrogens with one attached hydrogen (secondary N) is 1. The highest BCUT2D eigenvalue weighted by atomic mass is 32.2. The number of rotatable bonds is 5. The Morgan fingerprint density at radius 2 is 2.25 bits per heavy atom. The van der Waals surface area contributed by atoms with E-state index in [0.717, 1.165) is 5.56 Å². The molecule has 150 valence electrons. The van der Waals surface area contributed by atoms with Crippen LogP contribution < -0.4 is 10.9 Å². The van der Waals surface area contributed by atoms with Crippen molar-refractivity contribution in [3.05, 3.63) is 51.5 Å². The van der Waals surface area contributed by atoms with Crippen molar-refractivity contribution < 1.29 is 19.0 Å².